The van der Waals surface area contributed by atoms with E-state index in [2.05, 4.69) is 12.2 Å². The number of fused-ring (bicyclic) bond motifs is 1. The molecule has 1 amide bonds. The molecule has 2 aromatic rings. The van der Waals surface area contributed by atoms with Crippen molar-refractivity contribution in [3.05, 3.63) is 72.2 Å². The zero-order valence-corrected chi connectivity index (χ0v) is 14.0. The first kappa shape index (κ1) is 16.0. The molecular weight excluding hydrogens is 316 g/mol. The number of ether oxygens (including phenoxy) is 1. The third-order valence-electron chi connectivity index (χ3n) is 5.17. The second kappa shape index (κ2) is 6.76. The molecule has 0 radical (unpaired) electrons. The minimum Gasteiger partial charge on any atom is -0.467 e. The van der Waals surface area contributed by atoms with Gasteiger partial charge in [0.1, 0.15) is 12.4 Å². The maximum Gasteiger partial charge on any atom is 0.411 e. The normalized spacial score (nSPS) is 28.0. The van der Waals surface area contributed by atoms with Gasteiger partial charge in [-0.1, -0.05) is 42.5 Å². The fraction of sp³-hybridized carbons (Fsp3) is 0.350. The first-order valence-corrected chi connectivity index (χ1v) is 8.68. The Morgan fingerprint density at radius 2 is 2.08 bits per heavy atom. The van der Waals surface area contributed by atoms with Gasteiger partial charge in [0.25, 0.3) is 0 Å². The van der Waals surface area contributed by atoms with Gasteiger partial charge in [-0.05, 0) is 30.5 Å². The van der Waals surface area contributed by atoms with Gasteiger partial charge in [0.05, 0.1) is 18.3 Å². The van der Waals surface area contributed by atoms with E-state index in [4.69, 9.17) is 14.9 Å². The number of nitrogens with two attached hydrogens (primary N) is 1. The molecule has 1 fully saturated rings. The Labute approximate surface area is 147 Å². The predicted molar refractivity (Wildman–Crippen MR) is 93.5 cm³/mol. The Morgan fingerprint density at radius 3 is 2.84 bits per heavy atom. The fourth-order valence-corrected chi connectivity index (χ4v) is 3.92. The first-order valence-electron chi connectivity index (χ1n) is 8.68. The van der Waals surface area contributed by atoms with Crippen molar-refractivity contribution in [2.75, 3.05) is 0 Å². The van der Waals surface area contributed by atoms with E-state index < -0.39 is 0 Å². The molecule has 2 aliphatic rings. The number of carbonyl (C=O) groups is 1. The molecule has 5 nitrogen and oxygen atoms in total. The molecule has 1 aliphatic carbocycles. The Bertz CT molecular complexity index is 742. The molecule has 0 saturated carbocycles. The highest BCUT2D eigenvalue weighted by atomic mass is 16.6. The van der Waals surface area contributed by atoms with Crippen LogP contribution in [-0.4, -0.2) is 23.1 Å². The highest BCUT2D eigenvalue weighted by molar-refractivity contribution is 5.70. The van der Waals surface area contributed by atoms with Crippen molar-refractivity contribution in [1.29, 1.82) is 0 Å². The van der Waals surface area contributed by atoms with Gasteiger partial charge < -0.3 is 14.9 Å². The van der Waals surface area contributed by atoms with Gasteiger partial charge in [-0.3, -0.25) is 4.90 Å². The van der Waals surface area contributed by atoms with Gasteiger partial charge in [0.15, 0.2) is 0 Å². The Kier molecular flexibility index (Phi) is 4.32. The molecule has 1 saturated heterocycles. The third-order valence-corrected chi connectivity index (χ3v) is 5.17. The van der Waals surface area contributed by atoms with Crippen LogP contribution in [0, 0.1) is 5.92 Å². The molecular formula is C20H22N2O3. The quantitative estimate of drug-likeness (QED) is 0.868. The molecule has 0 spiro atoms. The molecule has 0 unspecified atom stereocenters. The van der Waals surface area contributed by atoms with Crippen molar-refractivity contribution in [3.8, 4) is 0 Å². The molecule has 130 valence electrons. The zero-order chi connectivity index (χ0) is 17.2. The number of likely N-dealkylation sites (tertiary alicyclic amines) is 1. The maximum atomic E-state index is 12.9. The summed E-state index contributed by atoms with van der Waals surface area (Å²) in [5.74, 6) is 1.01. The summed E-state index contributed by atoms with van der Waals surface area (Å²) in [6, 6.07) is 13.3. The van der Waals surface area contributed by atoms with Crippen molar-refractivity contribution in [3.63, 3.8) is 0 Å². The summed E-state index contributed by atoms with van der Waals surface area (Å²) >= 11 is 0. The van der Waals surface area contributed by atoms with Crippen LogP contribution >= 0.6 is 0 Å². The lowest BCUT2D eigenvalue weighted by Gasteiger charge is -2.32. The number of amides is 1. The van der Waals surface area contributed by atoms with Crippen molar-refractivity contribution in [2.24, 2.45) is 11.7 Å². The molecule has 1 aromatic heterocycles. The lowest BCUT2D eigenvalue weighted by molar-refractivity contribution is 0.0776. The van der Waals surface area contributed by atoms with E-state index in [1.54, 1.807) is 11.2 Å². The van der Waals surface area contributed by atoms with Crippen LogP contribution in [0.3, 0.4) is 0 Å². The SMILES string of the molecule is N[C@H]1CC=C[C@H]2[C@@H]1C[C@@H](c1ccco1)N2C(=O)OCc1ccccc1. The van der Waals surface area contributed by atoms with E-state index in [1.165, 1.54) is 0 Å². The number of hydrogen-bond donors (Lipinski definition) is 1. The molecule has 25 heavy (non-hydrogen) atoms. The van der Waals surface area contributed by atoms with Crippen LogP contribution < -0.4 is 5.73 Å². The van der Waals surface area contributed by atoms with E-state index in [1.807, 2.05) is 42.5 Å². The predicted octanol–water partition coefficient (Wildman–Crippen LogP) is 3.64. The molecule has 4 atom stereocenters. The molecule has 5 heteroatoms. The van der Waals surface area contributed by atoms with E-state index in [-0.39, 0.29) is 36.7 Å². The van der Waals surface area contributed by atoms with Crippen LogP contribution in [0.1, 0.15) is 30.2 Å². The smallest absolute Gasteiger partial charge is 0.411 e. The molecule has 1 aliphatic heterocycles. The maximum absolute atomic E-state index is 12.9. The Balaban J connectivity index is 1.56. The van der Waals surface area contributed by atoms with E-state index in [9.17, 15) is 4.79 Å². The lowest BCUT2D eigenvalue weighted by Crippen LogP contribution is -2.44. The van der Waals surface area contributed by atoms with Gasteiger partial charge in [0, 0.05) is 12.0 Å². The van der Waals surface area contributed by atoms with Gasteiger partial charge in [-0.2, -0.15) is 0 Å². The van der Waals surface area contributed by atoms with Crippen LogP contribution in [0.2, 0.25) is 0 Å². The summed E-state index contributed by atoms with van der Waals surface area (Å²) in [6.45, 7) is 0.258. The average molecular weight is 338 g/mol. The third kappa shape index (κ3) is 3.07. The second-order valence-electron chi connectivity index (χ2n) is 6.70. The van der Waals surface area contributed by atoms with Crippen molar-refractivity contribution in [2.45, 2.75) is 37.6 Å². The molecule has 1 aromatic carbocycles. The monoisotopic (exact) mass is 338 g/mol. The van der Waals surface area contributed by atoms with Crippen molar-refractivity contribution in [1.82, 2.24) is 4.90 Å². The number of benzene rings is 1. The first-order chi connectivity index (χ1) is 12.2. The molecule has 2 heterocycles. The summed E-state index contributed by atoms with van der Waals surface area (Å²) in [5.41, 5.74) is 7.27. The molecule has 4 rings (SSSR count). The van der Waals surface area contributed by atoms with Gasteiger partial charge in [0.2, 0.25) is 0 Å². The highest BCUT2D eigenvalue weighted by Crippen LogP contribution is 2.44. The number of rotatable bonds is 3. The molecule has 2 N–H and O–H groups in total. The van der Waals surface area contributed by atoms with Crippen molar-refractivity contribution >= 4 is 6.09 Å². The van der Waals surface area contributed by atoms with Crippen LogP contribution in [0.5, 0.6) is 0 Å². The van der Waals surface area contributed by atoms with Crippen LogP contribution in [-0.2, 0) is 11.3 Å². The second-order valence-corrected chi connectivity index (χ2v) is 6.70. The van der Waals surface area contributed by atoms with Gasteiger partial charge in [-0.15, -0.1) is 0 Å². The number of hydrogen-bond acceptors (Lipinski definition) is 4. The summed E-state index contributed by atoms with van der Waals surface area (Å²) in [5, 5.41) is 0. The van der Waals surface area contributed by atoms with Gasteiger partial charge >= 0.3 is 6.09 Å². The van der Waals surface area contributed by atoms with Gasteiger partial charge in [-0.25, -0.2) is 4.79 Å². The van der Waals surface area contributed by atoms with Crippen LogP contribution in [0.25, 0.3) is 0 Å². The zero-order valence-electron chi connectivity index (χ0n) is 14.0. The fourth-order valence-electron chi connectivity index (χ4n) is 3.92. The van der Waals surface area contributed by atoms with E-state index in [0.717, 1.165) is 24.2 Å². The minimum absolute atomic E-state index is 0.0397. The Hall–Kier alpha value is -2.53. The Morgan fingerprint density at radius 1 is 1.24 bits per heavy atom. The minimum atomic E-state index is -0.323. The van der Waals surface area contributed by atoms with Crippen molar-refractivity contribution < 1.29 is 13.9 Å². The summed E-state index contributed by atoms with van der Waals surface area (Å²) in [7, 11) is 0. The molecule has 0 bridgehead atoms. The largest absolute Gasteiger partial charge is 0.467 e. The summed E-state index contributed by atoms with van der Waals surface area (Å²) < 4.78 is 11.2. The van der Waals surface area contributed by atoms with E-state index >= 15 is 0 Å². The summed E-state index contributed by atoms with van der Waals surface area (Å²) in [4.78, 5) is 14.7. The van der Waals surface area contributed by atoms with Crippen LogP contribution in [0.4, 0.5) is 4.79 Å². The average Bonchev–Trinajstić information content (AvgIpc) is 3.28. The standard InChI is InChI=1S/C20H22N2O3/c21-16-8-4-9-17-15(16)12-18(19-10-5-11-24-19)22(17)20(23)25-13-14-6-2-1-3-7-14/h1-7,9-11,15-18H,8,12-13,21H2/t15-,16+,17+,18+/m1/s1. The number of nitrogens with zero attached hydrogens (tertiary/aromatic N) is 1. The lowest BCUT2D eigenvalue weighted by atomic mass is 9.85. The highest BCUT2D eigenvalue weighted by Gasteiger charge is 2.48. The summed E-state index contributed by atoms with van der Waals surface area (Å²) in [6.07, 6.45) is 7.11. The van der Waals surface area contributed by atoms with Crippen LogP contribution in [0.15, 0.2) is 65.3 Å². The number of carbonyl (C=O) groups excluding carboxylic acids is 1. The topological polar surface area (TPSA) is 68.7 Å². The number of furan rings is 1. The van der Waals surface area contributed by atoms with E-state index in [0.29, 0.717) is 0 Å².